The monoisotopic (exact) mass is 422 g/mol. The lowest BCUT2D eigenvalue weighted by Crippen LogP contribution is -2.36. The molecule has 0 spiro atoms. The van der Waals surface area contributed by atoms with Crippen LogP contribution >= 0.6 is 11.6 Å². The van der Waals surface area contributed by atoms with Crippen molar-refractivity contribution in [3.05, 3.63) is 72.9 Å². The molecular weight excluding hydrogens is 398 g/mol. The van der Waals surface area contributed by atoms with E-state index in [4.69, 9.17) is 11.6 Å². The molecule has 2 N–H and O–H groups in total. The van der Waals surface area contributed by atoms with Crippen molar-refractivity contribution in [3.8, 4) is 0 Å². The molecular formula is C22H25ClN7. The van der Waals surface area contributed by atoms with Gasteiger partial charge in [-0.25, -0.2) is 4.68 Å². The summed E-state index contributed by atoms with van der Waals surface area (Å²) in [5.74, 6) is 1.94. The van der Waals surface area contributed by atoms with E-state index in [1.807, 2.05) is 41.8 Å². The summed E-state index contributed by atoms with van der Waals surface area (Å²) in [6.45, 7) is 7.74. The molecule has 1 unspecified atom stereocenters. The zero-order valence-corrected chi connectivity index (χ0v) is 18.1. The number of rotatable bonds is 7. The highest BCUT2D eigenvalue weighted by Crippen LogP contribution is 2.35. The predicted molar refractivity (Wildman–Crippen MR) is 119 cm³/mol. The molecule has 3 aromatic rings. The van der Waals surface area contributed by atoms with Gasteiger partial charge >= 0.3 is 0 Å². The molecule has 1 fully saturated rings. The van der Waals surface area contributed by atoms with Crippen molar-refractivity contribution >= 4 is 28.2 Å². The predicted octanol–water partition coefficient (Wildman–Crippen LogP) is 3.78. The Kier molecular flexibility index (Phi) is 6.20. The molecule has 7 nitrogen and oxygen atoms in total. The van der Waals surface area contributed by atoms with E-state index < -0.39 is 0 Å². The van der Waals surface area contributed by atoms with E-state index in [2.05, 4.69) is 64.8 Å². The van der Waals surface area contributed by atoms with Gasteiger partial charge in [-0.1, -0.05) is 11.6 Å². The van der Waals surface area contributed by atoms with Gasteiger partial charge in [-0.3, -0.25) is 4.98 Å². The molecule has 0 amide bonds. The van der Waals surface area contributed by atoms with Gasteiger partial charge in [-0.05, 0) is 81.1 Å². The molecule has 1 aliphatic rings. The number of hydrogen-bond acceptors (Lipinski definition) is 6. The molecule has 1 aromatic carbocycles. The van der Waals surface area contributed by atoms with Crippen LogP contribution in [-0.2, 0) is 5.54 Å². The number of hydrogen-bond donors (Lipinski definition) is 2. The van der Waals surface area contributed by atoms with E-state index in [0.29, 0.717) is 5.02 Å². The molecule has 1 aliphatic carbocycles. The third-order valence-electron chi connectivity index (χ3n) is 4.90. The van der Waals surface area contributed by atoms with Gasteiger partial charge in [0.05, 0.1) is 17.1 Å². The van der Waals surface area contributed by atoms with Crippen molar-refractivity contribution in [2.24, 2.45) is 0 Å². The van der Waals surface area contributed by atoms with Crippen molar-refractivity contribution in [1.82, 2.24) is 30.5 Å². The van der Waals surface area contributed by atoms with Gasteiger partial charge in [0.1, 0.15) is 0 Å². The molecule has 1 saturated carbocycles. The summed E-state index contributed by atoms with van der Waals surface area (Å²) in [7, 11) is 0. The van der Waals surface area contributed by atoms with Crippen molar-refractivity contribution in [3.63, 3.8) is 0 Å². The Balaban J connectivity index is 1.45. The van der Waals surface area contributed by atoms with Gasteiger partial charge in [-0.15, -0.1) is 5.10 Å². The van der Waals surface area contributed by atoms with Gasteiger partial charge in [0.15, 0.2) is 5.82 Å². The third kappa shape index (κ3) is 4.57. The van der Waals surface area contributed by atoms with E-state index in [9.17, 15) is 0 Å². The molecule has 5 radical (unpaired) electrons. The van der Waals surface area contributed by atoms with E-state index in [1.165, 1.54) is 0 Å². The third-order valence-corrected chi connectivity index (χ3v) is 5.14. The Bertz CT molecular complexity index is 989. The number of pyridine rings is 1. The van der Waals surface area contributed by atoms with Crippen LogP contribution in [-0.4, -0.2) is 38.3 Å². The van der Waals surface area contributed by atoms with Crippen molar-refractivity contribution in [2.75, 3.05) is 18.4 Å². The minimum atomic E-state index is -0.208. The summed E-state index contributed by atoms with van der Waals surface area (Å²) in [6, 6.07) is 7.63. The minimum Gasteiger partial charge on any atom is -0.383 e. The maximum Gasteiger partial charge on any atom is 0.169 e. The van der Waals surface area contributed by atoms with Crippen LogP contribution in [0.25, 0.3) is 10.9 Å². The number of benzene rings is 1. The average molecular weight is 423 g/mol. The van der Waals surface area contributed by atoms with Crippen LogP contribution in [0, 0.1) is 31.6 Å². The number of halogens is 1. The highest BCUT2D eigenvalue weighted by molar-refractivity contribution is 6.31. The Morgan fingerprint density at radius 1 is 1.10 bits per heavy atom. The molecule has 1 atom stereocenters. The molecule has 2 heterocycles. The molecule has 30 heavy (non-hydrogen) atoms. The van der Waals surface area contributed by atoms with Gasteiger partial charge in [0, 0.05) is 41.3 Å². The first-order chi connectivity index (χ1) is 14.4. The average Bonchev–Trinajstić information content (AvgIpc) is 3.40. The molecule has 2 aromatic heterocycles. The van der Waals surface area contributed by atoms with Gasteiger partial charge in [0.25, 0.3) is 0 Å². The Labute approximate surface area is 182 Å². The maximum atomic E-state index is 6.09. The van der Waals surface area contributed by atoms with E-state index >= 15 is 0 Å². The Morgan fingerprint density at radius 2 is 1.90 bits per heavy atom. The quantitative estimate of drug-likeness (QED) is 0.564. The summed E-state index contributed by atoms with van der Waals surface area (Å²) in [4.78, 5) is 4.39. The first-order valence-electron chi connectivity index (χ1n) is 9.95. The maximum absolute atomic E-state index is 6.09. The van der Waals surface area contributed by atoms with Crippen LogP contribution < -0.4 is 10.6 Å². The fraction of sp³-hybridized carbons (Fsp3) is 0.318. The van der Waals surface area contributed by atoms with Crippen LogP contribution in [0.4, 0.5) is 5.69 Å². The topological polar surface area (TPSA) is 80.5 Å². The van der Waals surface area contributed by atoms with Crippen LogP contribution in [0.15, 0.2) is 30.5 Å². The SMILES string of the molecule is CC(C)(C)n1nnnc1C(NCCNc1ccnc2cc(Cl)ccc12)[C]1[CH][CH][CH][CH]1. The van der Waals surface area contributed by atoms with E-state index in [0.717, 1.165) is 41.4 Å². The zero-order chi connectivity index (χ0) is 21.1. The molecule has 8 heteroatoms. The van der Waals surface area contributed by atoms with Crippen LogP contribution in [0.3, 0.4) is 0 Å². The molecule has 4 rings (SSSR count). The smallest absolute Gasteiger partial charge is 0.169 e. The van der Waals surface area contributed by atoms with E-state index in [1.54, 1.807) is 6.20 Å². The molecule has 0 bridgehead atoms. The highest BCUT2D eigenvalue weighted by Gasteiger charge is 2.33. The van der Waals surface area contributed by atoms with Crippen molar-refractivity contribution < 1.29 is 0 Å². The number of fused-ring (bicyclic) bond motifs is 1. The van der Waals surface area contributed by atoms with Crippen LogP contribution in [0.1, 0.15) is 32.6 Å². The fourth-order valence-electron chi connectivity index (χ4n) is 3.48. The molecule has 155 valence electrons. The second-order valence-corrected chi connectivity index (χ2v) is 8.61. The lowest BCUT2D eigenvalue weighted by molar-refractivity contribution is 0.322. The number of nitrogens with zero attached hydrogens (tertiary/aromatic N) is 5. The lowest BCUT2D eigenvalue weighted by Gasteiger charge is -2.27. The van der Waals surface area contributed by atoms with Gasteiger partial charge < -0.3 is 10.6 Å². The standard InChI is InChI=1S/C22H25ClN7/c1-22(2,3)30-21(27-28-29-30)20(15-6-4-5-7-15)26-13-12-25-18-10-11-24-19-14-16(23)8-9-17(18)19/h4-11,14,20,26H,12-13H2,1-3H3,(H,24,25). The number of tetrazole rings is 1. The summed E-state index contributed by atoms with van der Waals surface area (Å²) in [5, 5.41) is 21.3. The second-order valence-electron chi connectivity index (χ2n) is 8.17. The van der Waals surface area contributed by atoms with Crippen molar-refractivity contribution in [2.45, 2.75) is 32.4 Å². The second kappa shape index (κ2) is 8.86. The zero-order valence-electron chi connectivity index (χ0n) is 17.3. The normalized spacial score (nSPS) is 16.3. The fourth-order valence-corrected chi connectivity index (χ4v) is 3.65. The van der Waals surface area contributed by atoms with Gasteiger partial charge in [-0.2, -0.15) is 0 Å². The van der Waals surface area contributed by atoms with Gasteiger partial charge in [0.2, 0.25) is 0 Å². The number of aromatic nitrogens is 5. The van der Waals surface area contributed by atoms with Crippen LogP contribution in [0.2, 0.25) is 5.02 Å². The minimum absolute atomic E-state index is 0.0935. The molecule has 0 saturated heterocycles. The summed E-state index contributed by atoms with van der Waals surface area (Å²) in [6.07, 6.45) is 10.0. The Hall–Kier alpha value is -2.25. The highest BCUT2D eigenvalue weighted by atomic mass is 35.5. The Morgan fingerprint density at radius 3 is 2.67 bits per heavy atom. The number of nitrogens with one attached hydrogen (secondary N) is 2. The first kappa shape index (κ1) is 21.0. The van der Waals surface area contributed by atoms with E-state index in [-0.39, 0.29) is 11.6 Å². The summed E-state index contributed by atoms with van der Waals surface area (Å²) >= 11 is 6.09. The summed E-state index contributed by atoms with van der Waals surface area (Å²) < 4.78 is 1.88. The molecule has 0 aliphatic heterocycles. The van der Waals surface area contributed by atoms with Crippen LogP contribution in [0.5, 0.6) is 0 Å². The number of anilines is 1. The van der Waals surface area contributed by atoms with Crippen molar-refractivity contribution in [1.29, 1.82) is 0 Å². The largest absolute Gasteiger partial charge is 0.383 e. The summed E-state index contributed by atoms with van der Waals surface area (Å²) in [5.41, 5.74) is 1.70. The first-order valence-corrected chi connectivity index (χ1v) is 10.3. The lowest BCUT2D eigenvalue weighted by atomic mass is 9.96.